The quantitative estimate of drug-likeness (QED) is 0.783. The molecular weight excluding hydrogens is 318 g/mol. The van der Waals surface area contributed by atoms with E-state index in [-0.39, 0.29) is 29.8 Å². The van der Waals surface area contributed by atoms with Crippen molar-refractivity contribution < 1.29 is 14.3 Å². The summed E-state index contributed by atoms with van der Waals surface area (Å²) in [6.07, 6.45) is 1.60. The van der Waals surface area contributed by atoms with Crippen molar-refractivity contribution >= 4 is 11.8 Å². The van der Waals surface area contributed by atoms with Crippen molar-refractivity contribution in [3.05, 3.63) is 0 Å². The fourth-order valence-corrected chi connectivity index (χ4v) is 3.67. The third kappa shape index (κ3) is 6.26. The number of nitrogens with one attached hydrogen (secondary N) is 1. The number of nitrogens with zero attached hydrogens (tertiary/aromatic N) is 2. The molecule has 0 saturated carbocycles. The number of hydrogen-bond acceptors (Lipinski definition) is 4. The Morgan fingerprint density at radius 1 is 1.12 bits per heavy atom. The van der Waals surface area contributed by atoms with Crippen molar-refractivity contribution in [1.29, 1.82) is 0 Å². The summed E-state index contributed by atoms with van der Waals surface area (Å²) in [4.78, 5) is 28.8. The number of rotatable bonds is 6. The molecule has 0 aromatic carbocycles. The first kappa shape index (κ1) is 20.2. The predicted octanol–water partition coefficient (Wildman–Crippen LogP) is 1.35. The summed E-state index contributed by atoms with van der Waals surface area (Å²) in [5.41, 5.74) is 0. The number of carbonyl (C=O) groups excluding carboxylic acids is 2. The fourth-order valence-electron chi connectivity index (χ4n) is 3.67. The maximum Gasteiger partial charge on any atom is 0.225 e. The van der Waals surface area contributed by atoms with Crippen molar-refractivity contribution in [2.45, 2.75) is 46.6 Å². The molecule has 2 rings (SSSR count). The zero-order valence-corrected chi connectivity index (χ0v) is 16.3. The number of ether oxygens (including phenoxy) is 1. The van der Waals surface area contributed by atoms with Crippen LogP contribution in [0.25, 0.3) is 0 Å². The Morgan fingerprint density at radius 2 is 1.80 bits per heavy atom. The van der Waals surface area contributed by atoms with Crippen LogP contribution in [0.15, 0.2) is 0 Å². The summed E-state index contributed by atoms with van der Waals surface area (Å²) in [5.74, 6) is 1.00. The molecule has 0 bridgehead atoms. The fraction of sp³-hybridized carbons (Fsp3) is 0.895. The van der Waals surface area contributed by atoms with E-state index in [2.05, 4.69) is 24.1 Å². The van der Waals surface area contributed by atoms with Gasteiger partial charge in [0.15, 0.2) is 0 Å². The molecule has 0 radical (unpaired) electrons. The lowest BCUT2D eigenvalue weighted by Gasteiger charge is -2.35. The van der Waals surface area contributed by atoms with E-state index in [1.807, 2.05) is 18.7 Å². The molecule has 1 atom stereocenters. The monoisotopic (exact) mass is 353 g/mol. The molecule has 0 aliphatic carbocycles. The van der Waals surface area contributed by atoms with Crippen LogP contribution >= 0.6 is 0 Å². The highest BCUT2D eigenvalue weighted by Crippen LogP contribution is 2.19. The second kappa shape index (κ2) is 9.53. The van der Waals surface area contributed by atoms with Gasteiger partial charge in [-0.3, -0.25) is 14.5 Å². The van der Waals surface area contributed by atoms with Crippen LogP contribution < -0.4 is 5.32 Å². The van der Waals surface area contributed by atoms with Gasteiger partial charge in [-0.05, 0) is 18.8 Å². The summed E-state index contributed by atoms with van der Waals surface area (Å²) in [7, 11) is 0. The van der Waals surface area contributed by atoms with Crippen molar-refractivity contribution in [2.24, 2.45) is 17.8 Å². The number of hydrogen-bond donors (Lipinski definition) is 1. The molecule has 2 heterocycles. The summed E-state index contributed by atoms with van der Waals surface area (Å²) < 4.78 is 5.79. The Kier molecular flexibility index (Phi) is 7.69. The average Bonchev–Trinajstić information content (AvgIpc) is 2.59. The molecular formula is C19H35N3O3. The van der Waals surface area contributed by atoms with E-state index in [0.29, 0.717) is 25.6 Å². The SMILES string of the molecule is CC(C)CN1CCOC(CNC(=O)C2CCN(C(=O)C(C)C)CC2)C1. The maximum absolute atomic E-state index is 12.4. The number of carbonyl (C=O) groups is 2. The third-order valence-electron chi connectivity index (χ3n) is 5.02. The van der Waals surface area contributed by atoms with Gasteiger partial charge in [0.05, 0.1) is 12.7 Å². The van der Waals surface area contributed by atoms with Gasteiger partial charge < -0.3 is 15.0 Å². The Hall–Kier alpha value is -1.14. The molecule has 2 aliphatic heterocycles. The van der Waals surface area contributed by atoms with E-state index >= 15 is 0 Å². The predicted molar refractivity (Wildman–Crippen MR) is 98.2 cm³/mol. The van der Waals surface area contributed by atoms with Crippen LogP contribution in [0.5, 0.6) is 0 Å². The standard InChI is InChI=1S/C19H35N3O3/c1-14(2)12-21-9-10-25-17(13-21)11-20-18(23)16-5-7-22(8-6-16)19(24)15(3)4/h14-17H,5-13H2,1-4H3,(H,20,23). The van der Waals surface area contributed by atoms with Crippen LogP contribution in [0.1, 0.15) is 40.5 Å². The Morgan fingerprint density at radius 3 is 2.40 bits per heavy atom. The van der Waals surface area contributed by atoms with Crippen LogP contribution in [0.4, 0.5) is 0 Å². The van der Waals surface area contributed by atoms with Gasteiger partial charge in [0, 0.05) is 51.1 Å². The van der Waals surface area contributed by atoms with Crippen LogP contribution in [-0.2, 0) is 14.3 Å². The Balaban J connectivity index is 1.70. The number of piperidine rings is 1. The molecule has 6 heteroatoms. The molecule has 6 nitrogen and oxygen atoms in total. The molecule has 144 valence electrons. The van der Waals surface area contributed by atoms with E-state index in [4.69, 9.17) is 4.74 Å². The minimum Gasteiger partial charge on any atom is -0.374 e. The average molecular weight is 354 g/mol. The Bertz CT molecular complexity index is 445. The lowest BCUT2D eigenvalue weighted by atomic mass is 9.95. The summed E-state index contributed by atoms with van der Waals surface area (Å²) >= 11 is 0. The number of likely N-dealkylation sites (tertiary alicyclic amines) is 1. The van der Waals surface area contributed by atoms with E-state index in [1.54, 1.807) is 0 Å². The van der Waals surface area contributed by atoms with E-state index in [0.717, 1.165) is 39.1 Å². The molecule has 2 fully saturated rings. The van der Waals surface area contributed by atoms with Crippen molar-refractivity contribution in [3.63, 3.8) is 0 Å². The Labute approximate surface area is 152 Å². The van der Waals surface area contributed by atoms with Crippen LogP contribution in [0.3, 0.4) is 0 Å². The van der Waals surface area contributed by atoms with Gasteiger partial charge in [-0.2, -0.15) is 0 Å². The highest BCUT2D eigenvalue weighted by molar-refractivity contribution is 5.80. The van der Waals surface area contributed by atoms with Gasteiger partial charge in [-0.15, -0.1) is 0 Å². The minimum atomic E-state index is 0.0200. The summed E-state index contributed by atoms with van der Waals surface area (Å²) in [6, 6.07) is 0. The first-order chi connectivity index (χ1) is 11.9. The van der Waals surface area contributed by atoms with Crippen molar-refractivity contribution in [1.82, 2.24) is 15.1 Å². The normalized spacial score (nSPS) is 23.3. The molecule has 1 unspecified atom stereocenters. The van der Waals surface area contributed by atoms with Crippen LogP contribution in [-0.4, -0.2) is 73.6 Å². The minimum absolute atomic E-state index is 0.0200. The lowest BCUT2D eigenvalue weighted by molar-refractivity contribution is -0.138. The van der Waals surface area contributed by atoms with Crippen LogP contribution in [0.2, 0.25) is 0 Å². The second-order valence-corrected chi connectivity index (χ2v) is 8.15. The van der Waals surface area contributed by atoms with Gasteiger partial charge in [0.2, 0.25) is 11.8 Å². The van der Waals surface area contributed by atoms with Gasteiger partial charge in [0.1, 0.15) is 0 Å². The highest BCUT2D eigenvalue weighted by Gasteiger charge is 2.29. The molecule has 0 aromatic rings. The largest absolute Gasteiger partial charge is 0.374 e. The van der Waals surface area contributed by atoms with Crippen LogP contribution in [0, 0.1) is 17.8 Å². The van der Waals surface area contributed by atoms with Gasteiger partial charge >= 0.3 is 0 Å². The zero-order valence-electron chi connectivity index (χ0n) is 16.3. The highest BCUT2D eigenvalue weighted by atomic mass is 16.5. The molecule has 2 aliphatic rings. The smallest absolute Gasteiger partial charge is 0.225 e. The molecule has 0 aromatic heterocycles. The molecule has 0 spiro atoms. The van der Waals surface area contributed by atoms with E-state index < -0.39 is 0 Å². The lowest BCUT2D eigenvalue weighted by Crippen LogP contribution is -2.50. The van der Waals surface area contributed by atoms with Crippen molar-refractivity contribution in [2.75, 3.05) is 45.9 Å². The van der Waals surface area contributed by atoms with E-state index in [1.165, 1.54) is 0 Å². The van der Waals surface area contributed by atoms with Gasteiger partial charge in [-0.1, -0.05) is 27.7 Å². The third-order valence-corrected chi connectivity index (χ3v) is 5.02. The van der Waals surface area contributed by atoms with E-state index in [9.17, 15) is 9.59 Å². The summed E-state index contributed by atoms with van der Waals surface area (Å²) in [5, 5.41) is 3.07. The first-order valence-corrected chi connectivity index (χ1v) is 9.77. The van der Waals surface area contributed by atoms with Gasteiger partial charge in [0.25, 0.3) is 0 Å². The maximum atomic E-state index is 12.4. The summed E-state index contributed by atoms with van der Waals surface area (Å²) in [6.45, 7) is 13.9. The molecule has 25 heavy (non-hydrogen) atoms. The van der Waals surface area contributed by atoms with Gasteiger partial charge in [-0.25, -0.2) is 0 Å². The number of amides is 2. The molecule has 1 N–H and O–H groups in total. The number of morpholine rings is 1. The topological polar surface area (TPSA) is 61.9 Å². The zero-order chi connectivity index (χ0) is 18.4. The molecule has 2 amide bonds. The first-order valence-electron chi connectivity index (χ1n) is 9.77. The molecule has 2 saturated heterocycles. The second-order valence-electron chi connectivity index (χ2n) is 8.15. The van der Waals surface area contributed by atoms with Crippen molar-refractivity contribution in [3.8, 4) is 0 Å².